The zero-order chi connectivity index (χ0) is 20.5. The summed E-state index contributed by atoms with van der Waals surface area (Å²) in [6, 6.07) is 15.1. The van der Waals surface area contributed by atoms with Gasteiger partial charge in [-0.1, -0.05) is 12.1 Å². The van der Waals surface area contributed by atoms with Crippen molar-refractivity contribution in [3.8, 4) is 11.4 Å². The van der Waals surface area contributed by atoms with Crippen LogP contribution in [0, 0.1) is 0 Å². The van der Waals surface area contributed by atoms with Crippen molar-refractivity contribution in [1.82, 2.24) is 24.8 Å². The SMILES string of the molecule is O=C(CCCn1c(=O)oc2ccccc21)Nc1ccc(-c2nnnn2C2CC2)cc1. The van der Waals surface area contributed by atoms with Crippen LogP contribution in [0.25, 0.3) is 22.5 Å². The number of benzene rings is 2. The summed E-state index contributed by atoms with van der Waals surface area (Å²) in [7, 11) is 0. The monoisotopic (exact) mass is 404 g/mol. The van der Waals surface area contributed by atoms with E-state index in [-0.39, 0.29) is 5.91 Å². The summed E-state index contributed by atoms with van der Waals surface area (Å²) < 4.78 is 8.63. The molecule has 0 bridgehead atoms. The number of para-hydroxylation sites is 2. The Morgan fingerprint density at radius 2 is 1.93 bits per heavy atom. The second-order valence-corrected chi connectivity index (χ2v) is 7.39. The molecule has 4 aromatic rings. The number of carbonyl (C=O) groups is 1. The summed E-state index contributed by atoms with van der Waals surface area (Å²) in [5, 5.41) is 14.8. The van der Waals surface area contributed by atoms with Crippen LogP contribution in [-0.4, -0.2) is 30.7 Å². The van der Waals surface area contributed by atoms with E-state index >= 15 is 0 Å². The Kier molecular flexibility index (Phi) is 4.62. The number of anilines is 1. The second-order valence-electron chi connectivity index (χ2n) is 7.39. The second kappa shape index (κ2) is 7.58. The summed E-state index contributed by atoms with van der Waals surface area (Å²) in [4.78, 5) is 24.3. The van der Waals surface area contributed by atoms with Crippen molar-refractivity contribution in [2.24, 2.45) is 0 Å². The number of nitrogens with zero attached hydrogens (tertiary/aromatic N) is 5. The molecule has 2 aromatic heterocycles. The first-order chi connectivity index (χ1) is 14.7. The summed E-state index contributed by atoms with van der Waals surface area (Å²) in [6.45, 7) is 0.423. The molecule has 5 rings (SSSR count). The molecule has 0 saturated heterocycles. The number of rotatable bonds is 7. The molecule has 2 aromatic carbocycles. The van der Waals surface area contributed by atoms with Gasteiger partial charge in [0.15, 0.2) is 11.4 Å². The third kappa shape index (κ3) is 3.61. The van der Waals surface area contributed by atoms with E-state index in [1.807, 2.05) is 47.1 Å². The normalized spacial score (nSPS) is 13.6. The molecule has 1 aliphatic rings. The molecule has 1 aliphatic carbocycles. The number of tetrazole rings is 1. The quantitative estimate of drug-likeness (QED) is 0.507. The number of hydrogen-bond acceptors (Lipinski definition) is 6. The first-order valence-corrected chi connectivity index (χ1v) is 9.95. The first-order valence-electron chi connectivity index (χ1n) is 9.95. The summed E-state index contributed by atoms with van der Waals surface area (Å²) >= 11 is 0. The Labute approximate surface area is 171 Å². The Balaban J connectivity index is 1.18. The lowest BCUT2D eigenvalue weighted by Crippen LogP contribution is -2.17. The van der Waals surface area contributed by atoms with Crippen LogP contribution in [-0.2, 0) is 11.3 Å². The summed E-state index contributed by atoms with van der Waals surface area (Å²) in [5.41, 5.74) is 2.92. The van der Waals surface area contributed by atoms with Gasteiger partial charge in [0.2, 0.25) is 5.91 Å². The third-order valence-corrected chi connectivity index (χ3v) is 5.17. The lowest BCUT2D eigenvalue weighted by Gasteiger charge is -2.07. The molecule has 0 unspecified atom stereocenters. The van der Waals surface area contributed by atoms with Crippen LogP contribution >= 0.6 is 0 Å². The highest BCUT2D eigenvalue weighted by Gasteiger charge is 2.28. The van der Waals surface area contributed by atoms with Gasteiger partial charge < -0.3 is 9.73 Å². The zero-order valence-electron chi connectivity index (χ0n) is 16.2. The molecule has 152 valence electrons. The number of fused-ring (bicyclic) bond motifs is 1. The van der Waals surface area contributed by atoms with Gasteiger partial charge in [0.25, 0.3) is 0 Å². The Morgan fingerprint density at radius 1 is 1.13 bits per heavy atom. The van der Waals surface area contributed by atoms with E-state index in [1.54, 1.807) is 10.6 Å². The Hall–Kier alpha value is -3.75. The highest BCUT2D eigenvalue weighted by Crippen LogP contribution is 2.36. The van der Waals surface area contributed by atoms with E-state index in [2.05, 4.69) is 20.8 Å². The molecule has 1 saturated carbocycles. The van der Waals surface area contributed by atoms with Gasteiger partial charge in [0.05, 0.1) is 11.6 Å². The topological polar surface area (TPSA) is 108 Å². The molecule has 2 heterocycles. The molecule has 1 amide bonds. The van der Waals surface area contributed by atoms with Gasteiger partial charge in [-0.25, -0.2) is 9.48 Å². The van der Waals surface area contributed by atoms with Crippen molar-refractivity contribution in [3.63, 3.8) is 0 Å². The molecule has 0 radical (unpaired) electrons. The van der Waals surface area contributed by atoms with E-state index < -0.39 is 5.76 Å². The Morgan fingerprint density at radius 3 is 2.73 bits per heavy atom. The van der Waals surface area contributed by atoms with Crippen molar-refractivity contribution in [3.05, 3.63) is 59.1 Å². The molecular weight excluding hydrogens is 384 g/mol. The molecule has 1 N–H and O–H groups in total. The van der Waals surface area contributed by atoms with Crippen molar-refractivity contribution in [2.75, 3.05) is 5.32 Å². The Bertz CT molecular complexity index is 1250. The van der Waals surface area contributed by atoms with Gasteiger partial charge in [0.1, 0.15) is 0 Å². The van der Waals surface area contributed by atoms with E-state index in [0.29, 0.717) is 36.7 Å². The molecular formula is C21H20N6O3. The lowest BCUT2D eigenvalue weighted by molar-refractivity contribution is -0.116. The minimum atomic E-state index is -0.402. The fourth-order valence-corrected chi connectivity index (χ4v) is 3.50. The van der Waals surface area contributed by atoms with Crippen LogP contribution in [0.1, 0.15) is 31.7 Å². The third-order valence-electron chi connectivity index (χ3n) is 5.17. The number of amides is 1. The van der Waals surface area contributed by atoms with Crippen molar-refractivity contribution >= 4 is 22.7 Å². The van der Waals surface area contributed by atoms with Crippen LogP contribution < -0.4 is 11.1 Å². The minimum Gasteiger partial charge on any atom is -0.408 e. The number of oxazole rings is 1. The van der Waals surface area contributed by atoms with Gasteiger partial charge in [-0.2, -0.15) is 0 Å². The number of aryl methyl sites for hydroxylation is 1. The number of carbonyl (C=O) groups excluding carboxylic acids is 1. The van der Waals surface area contributed by atoms with Gasteiger partial charge in [-0.15, -0.1) is 5.10 Å². The van der Waals surface area contributed by atoms with Crippen molar-refractivity contribution < 1.29 is 9.21 Å². The van der Waals surface area contributed by atoms with Crippen LogP contribution in [0.4, 0.5) is 5.69 Å². The van der Waals surface area contributed by atoms with E-state index in [1.165, 1.54) is 0 Å². The maximum absolute atomic E-state index is 12.3. The van der Waals surface area contributed by atoms with Gasteiger partial charge in [-0.3, -0.25) is 9.36 Å². The lowest BCUT2D eigenvalue weighted by atomic mass is 10.2. The van der Waals surface area contributed by atoms with Crippen LogP contribution in [0.2, 0.25) is 0 Å². The van der Waals surface area contributed by atoms with Crippen molar-refractivity contribution in [2.45, 2.75) is 38.3 Å². The number of aromatic nitrogens is 5. The number of nitrogens with one attached hydrogen (secondary N) is 1. The van der Waals surface area contributed by atoms with E-state index in [9.17, 15) is 9.59 Å². The average Bonchev–Trinajstić information content (AvgIpc) is 3.39. The standard InChI is InChI=1S/C21H20N6O3/c28-19(6-3-13-26-17-4-1-2-5-18(17)30-21(26)29)22-15-9-7-14(8-10-15)20-23-24-25-27(20)16-11-12-16/h1-2,4-5,7-10,16H,3,6,11-13H2,(H,22,28). The van der Waals surface area contributed by atoms with Gasteiger partial charge in [-0.05, 0) is 66.1 Å². The molecule has 0 spiro atoms. The highest BCUT2D eigenvalue weighted by atomic mass is 16.4. The van der Waals surface area contributed by atoms with Crippen LogP contribution in [0.3, 0.4) is 0 Å². The number of hydrogen-bond donors (Lipinski definition) is 1. The molecule has 9 nitrogen and oxygen atoms in total. The molecule has 0 atom stereocenters. The van der Waals surface area contributed by atoms with Gasteiger partial charge >= 0.3 is 5.76 Å². The maximum atomic E-state index is 12.3. The van der Waals surface area contributed by atoms with Crippen LogP contribution in [0.15, 0.2) is 57.7 Å². The van der Waals surface area contributed by atoms with E-state index in [4.69, 9.17) is 4.42 Å². The largest absolute Gasteiger partial charge is 0.419 e. The molecule has 30 heavy (non-hydrogen) atoms. The fraction of sp³-hybridized carbons (Fsp3) is 0.286. The predicted molar refractivity (Wildman–Crippen MR) is 110 cm³/mol. The maximum Gasteiger partial charge on any atom is 0.419 e. The van der Waals surface area contributed by atoms with Crippen LogP contribution in [0.5, 0.6) is 0 Å². The summed E-state index contributed by atoms with van der Waals surface area (Å²) in [5.74, 6) is 0.236. The first kappa shape index (κ1) is 18.3. The molecule has 0 aliphatic heterocycles. The minimum absolute atomic E-state index is 0.105. The van der Waals surface area contributed by atoms with Gasteiger partial charge in [0, 0.05) is 24.2 Å². The average molecular weight is 404 g/mol. The zero-order valence-corrected chi connectivity index (χ0v) is 16.2. The smallest absolute Gasteiger partial charge is 0.408 e. The highest BCUT2D eigenvalue weighted by molar-refractivity contribution is 5.90. The summed E-state index contributed by atoms with van der Waals surface area (Å²) in [6.07, 6.45) is 3.04. The fourth-order valence-electron chi connectivity index (χ4n) is 3.50. The predicted octanol–water partition coefficient (Wildman–Crippen LogP) is 3.00. The van der Waals surface area contributed by atoms with Crippen molar-refractivity contribution in [1.29, 1.82) is 0 Å². The molecule has 9 heteroatoms. The molecule has 1 fully saturated rings. The van der Waals surface area contributed by atoms with E-state index in [0.717, 1.165) is 29.7 Å².